The van der Waals surface area contributed by atoms with Gasteiger partial charge in [0.1, 0.15) is 11.6 Å². The zero-order chi connectivity index (χ0) is 23.1. The molecule has 0 radical (unpaired) electrons. The summed E-state index contributed by atoms with van der Waals surface area (Å²) in [5.41, 5.74) is 9.32. The van der Waals surface area contributed by atoms with E-state index >= 15 is 0 Å². The van der Waals surface area contributed by atoms with Crippen LogP contribution in [-0.2, 0) is 13.0 Å². The van der Waals surface area contributed by atoms with E-state index in [1.165, 1.54) is 30.2 Å². The Balaban J connectivity index is 1.40. The molecule has 0 saturated carbocycles. The van der Waals surface area contributed by atoms with Gasteiger partial charge in [0.2, 0.25) is 5.95 Å². The van der Waals surface area contributed by atoms with Crippen LogP contribution in [0.5, 0.6) is 5.75 Å². The number of benzene rings is 1. The van der Waals surface area contributed by atoms with Crippen molar-refractivity contribution in [1.29, 1.82) is 0 Å². The number of hydrogen-bond donors (Lipinski definition) is 3. The van der Waals surface area contributed by atoms with Crippen molar-refractivity contribution in [2.45, 2.75) is 56.8 Å². The van der Waals surface area contributed by atoms with Crippen molar-refractivity contribution in [3.05, 3.63) is 35.0 Å². The van der Waals surface area contributed by atoms with Crippen LogP contribution in [0.4, 0.5) is 17.5 Å². The highest BCUT2D eigenvalue weighted by Gasteiger charge is 2.38. The molecular formula is C24H33N7O2. The van der Waals surface area contributed by atoms with Crippen LogP contribution in [-0.4, -0.2) is 71.6 Å². The fourth-order valence-electron chi connectivity index (χ4n) is 5.57. The molecule has 2 aromatic rings. The van der Waals surface area contributed by atoms with Crippen LogP contribution in [0.25, 0.3) is 0 Å². The third-order valence-electron chi connectivity index (χ3n) is 7.46. The van der Waals surface area contributed by atoms with E-state index in [9.17, 15) is 4.79 Å². The summed E-state index contributed by atoms with van der Waals surface area (Å²) >= 11 is 0. The average molecular weight is 452 g/mol. The highest BCUT2D eigenvalue weighted by molar-refractivity contribution is 5.97. The quantitative estimate of drug-likeness (QED) is 0.614. The number of carbonyl (C=O) groups excluding carboxylic acids is 1. The summed E-state index contributed by atoms with van der Waals surface area (Å²) in [4.78, 5) is 25.9. The predicted molar refractivity (Wildman–Crippen MR) is 128 cm³/mol. The first-order valence-electron chi connectivity index (χ1n) is 11.7. The van der Waals surface area contributed by atoms with Gasteiger partial charge in [-0.25, -0.2) is 4.98 Å². The van der Waals surface area contributed by atoms with Crippen molar-refractivity contribution in [3.63, 3.8) is 0 Å². The van der Waals surface area contributed by atoms with E-state index in [4.69, 9.17) is 10.5 Å². The number of amides is 1. The Hall–Kier alpha value is -2.91. The second-order valence-corrected chi connectivity index (χ2v) is 9.62. The molecule has 1 aromatic heterocycles. The van der Waals surface area contributed by atoms with E-state index < -0.39 is 5.91 Å². The number of methoxy groups -OCH3 is 1. The molecule has 2 bridgehead atoms. The molecule has 9 nitrogen and oxygen atoms in total. The molecule has 33 heavy (non-hydrogen) atoms. The van der Waals surface area contributed by atoms with Crippen molar-refractivity contribution in [2.75, 3.05) is 38.4 Å². The minimum atomic E-state index is -0.533. The van der Waals surface area contributed by atoms with Gasteiger partial charge in [0, 0.05) is 37.4 Å². The summed E-state index contributed by atoms with van der Waals surface area (Å²) in [7, 11) is 6.00. The second kappa shape index (κ2) is 8.79. The van der Waals surface area contributed by atoms with Crippen LogP contribution in [0, 0.1) is 0 Å². The van der Waals surface area contributed by atoms with Gasteiger partial charge in [-0.3, -0.25) is 4.79 Å². The molecule has 0 aliphatic carbocycles. The number of hydrogen-bond acceptors (Lipinski definition) is 8. The first kappa shape index (κ1) is 21.9. The van der Waals surface area contributed by atoms with Crippen LogP contribution >= 0.6 is 0 Å². The first-order valence-corrected chi connectivity index (χ1v) is 11.7. The number of primary amides is 1. The number of likely N-dealkylation sites (N-methyl/N-ethyl adjacent to an activating group) is 1. The lowest BCUT2D eigenvalue weighted by atomic mass is 9.98. The number of ether oxygens (including phenoxy) is 1. The molecule has 2 atom stereocenters. The molecule has 4 heterocycles. The molecule has 1 amide bonds. The van der Waals surface area contributed by atoms with Crippen molar-refractivity contribution >= 4 is 23.4 Å². The van der Waals surface area contributed by atoms with Gasteiger partial charge in [-0.15, -0.1) is 0 Å². The molecule has 4 N–H and O–H groups in total. The second-order valence-electron chi connectivity index (χ2n) is 9.62. The van der Waals surface area contributed by atoms with Gasteiger partial charge in [-0.2, -0.15) is 4.98 Å². The Kier molecular flexibility index (Phi) is 5.84. The summed E-state index contributed by atoms with van der Waals surface area (Å²) in [6.07, 6.45) is 7.02. The molecule has 1 aromatic carbocycles. The molecule has 0 spiro atoms. The number of nitrogens with one attached hydrogen (secondary N) is 2. The predicted octanol–water partition coefficient (Wildman–Crippen LogP) is 2.35. The van der Waals surface area contributed by atoms with Crippen molar-refractivity contribution in [2.24, 2.45) is 5.73 Å². The minimum Gasteiger partial charge on any atom is -0.495 e. The standard InChI is InChI=1S/C24H33N7O2/c1-30-7-6-14-9-21(33-3)20(8-15(14)13-30)28-24-26-12-19(22(25)32)23(29-24)27-16-10-17-4-5-18(11-16)31(17)2/h8-9,12,16-18H,4-7,10-11,13H2,1-3H3,(H2,25,32)(H2,26,27,28,29). The fourth-order valence-corrected chi connectivity index (χ4v) is 5.57. The molecular weight excluding hydrogens is 418 g/mol. The van der Waals surface area contributed by atoms with Crippen molar-refractivity contribution in [1.82, 2.24) is 19.8 Å². The normalized spacial score (nSPS) is 24.9. The first-order chi connectivity index (χ1) is 15.9. The zero-order valence-electron chi connectivity index (χ0n) is 19.6. The van der Waals surface area contributed by atoms with Gasteiger partial charge in [0.05, 0.1) is 18.4 Å². The lowest BCUT2D eigenvalue weighted by molar-refractivity contribution is 0.100. The monoisotopic (exact) mass is 451 g/mol. The van der Waals surface area contributed by atoms with Gasteiger partial charge in [0.25, 0.3) is 5.91 Å². The topological polar surface area (TPSA) is 109 Å². The number of aromatic nitrogens is 2. The van der Waals surface area contributed by atoms with Crippen LogP contribution < -0.4 is 21.1 Å². The largest absolute Gasteiger partial charge is 0.495 e. The maximum atomic E-state index is 12.1. The molecule has 5 rings (SSSR count). The van der Waals surface area contributed by atoms with Gasteiger partial charge in [-0.1, -0.05) is 0 Å². The molecule has 2 fully saturated rings. The number of nitrogens with zero attached hydrogens (tertiary/aromatic N) is 4. The van der Waals surface area contributed by atoms with E-state index in [-0.39, 0.29) is 6.04 Å². The lowest BCUT2D eigenvalue weighted by Gasteiger charge is -2.37. The van der Waals surface area contributed by atoms with E-state index in [1.54, 1.807) is 7.11 Å². The SMILES string of the molecule is COc1cc2c(cc1Nc1ncc(C(N)=O)c(NC3CC4CCC(C3)N4C)n1)CN(C)CC2. The maximum absolute atomic E-state index is 12.1. The Bertz CT molecular complexity index is 1050. The minimum absolute atomic E-state index is 0.258. The van der Waals surface area contributed by atoms with Crippen LogP contribution in [0.3, 0.4) is 0 Å². The zero-order valence-corrected chi connectivity index (χ0v) is 19.6. The molecule has 3 aliphatic heterocycles. The van der Waals surface area contributed by atoms with Gasteiger partial charge >= 0.3 is 0 Å². The van der Waals surface area contributed by atoms with Crippen molar-refractivity contribution < 1.29 is 9.53 Å². The summed E-state index contributed by atoms with van der Waals surface area (Å²) in [5, 5.41) is 6.81. The Morgan fingerprint density at radius 2 is 1.94 bits per heavy atom. The van der Waals surface area contributed by atoms with E-state index in [2.05, 4.69) is 56.6 Å². The van der Waals surface area contributed by atoms with Crippen LogP contribution in [0.15, 0.2) is 18.3 Å². The van der Waals surface area contributed by atoms with Crippen molar-refractivity contribution in [3.8, 4) is 5.75 Å². The summed E-state index contributed by atoms with van der Waals surface area (Å²) in [6.45, 7) is 1.93. The number of piperidine rings is 1. The van der Waals surface area contributed by atoms with Gasteiger partial charge in [0.15, 0.2) is 0 Å². The molecule has 2 unspecified atom stereocenters. The number of rotatable bonds is 6. The van der Waals surface area contributed by atoms with Crippen LogP contribution in [0.2, 0.25) is 0 Å². The van der Waals surface area contributed by atoms with E-state index in [0.717, 1.165) is 43.8 Å². The summed E-state index contributed by atoms with van der Waals surface area (Å²) < 4.78 is 5.64. The lowest BCUT2D eigenvalue weighted by Crippen LogP contribution is -2.44. The molecule has 176 valence electrons. The number of anilines is 3. The Morgan fingerprint density at radius 3 is 2.64 bits per heavy atom. The number of nitrogens with two attached hydrogens (primary N) is 1. The highest BCUT2D eigenvalue weighted by Crippen LogP contribution is 2.36. The Morgan fingerprint density at radius 1 is 1.18 bits per heavy atom. The fraction of sp³-hybridized carbons (Fsp3) is 0.542. The molecule has 2 saturated heterocycles. The smallest absolute Gasteiger partial charge is 0.254 e. The third kappa shape index (κ3) is 4.35. The van der Waals surface area contributed by atoms with Gasteiger partial charge < -0.3 is 30.9 Å². The van der Waals surface area contributed by atoms with Crippen LogP contribution in [0.1, 0.15) is 47.2 Å². The van der Waals surface area contributed by atoms with Gasteiger partial charge in [-0.05, 0) is 69.5 Å². The summed E-state index contributed by atoms with van der Waals surface area (Å²) in [6, 6.07) is 5.62. The van der Waals surface area contributed by atoms with E-state index in [0.29, 0.717) is 29.4 Å². The third-order valence-corrected chi connectivity index (χ3v) is 7.46. The number of fused-ring (bicyclic) bond motifs is 3. The Labute approximate surface area is 194 Å². The average Bonchev–Trinajstić information content (AvgIpc) is 2.99. The van der Waals surface area contributed by atoms with E-state index in [1.807, 2.05) is 0 Å². The highest BCUT2D eigenvalue weighted by atomic mass is 16.5. The number of carbonyl (C=O) groups is 1. The maximum Gasteiger partial charge on any atom is 0.254 e. The summed E-state index contributed by atoms with van der Waals surface area (Å²) in [5.74, 6) is 1.11. The molecule has 3 aliphatic rings. The molecule has 9 heteroatoms.